The molecule has 1 saturated heterocycles. The number of amides is 2. The summed E-state index contributed by atoms with van der Waals surface area (Å²) >= 11 is 0. The molecule has 0 spiro atoms. The van der Waals surface area contributed by atoms with Gasteiger partial charge >= 0.3 is 12.0 Å². The average molecular weight is 403 g/mol. The molecule has 1 fully saturated rings. The normalized spacial score (nSPS) is 20.5. The fraction of sp³-hybridized carbons (Fsp3) is 0.524. The Morgan fingerprint density at radius 3 is 2.62 bits per heavy atom. The van der Waals surface area contributed by atoms with E-state index in [4.69, 9.17) is 9.47 Å². The summed E-state index contributed by atoms with van der Waals surface area (Å²) < 4.78 is 10.5. The SMILES string of the molecule is CCOc1cc([C@@H]2NC(=O)NC(CN3CCCCCC3)=C2C(=O)OC)ccc1O. The van der Waals surface area contributed by atoms with Crippen molar-refractivity contribution >= 4 is 12.0 Å². The molecule has 3 N–H and O–H groups in total. The number of benzene rings is 1. The van der Waals surface area contributed by atoms with Crippen LogP contribution >= 0.6 is 0 Å². The number of aromatic hydroxyl groups is 1. The fourth-order valence-electron chi connectivity index (χ4n) is 3.84. The number of phenolic OH excluding ortho intramolecular Hbond substituents is 1. The van der Waals surface area contributed by atoms with Gasteiger partial charge in [0.1, 0.15) is 0 Å². The molecule has 0 unspecified atom stereocenters. The van der Waals surface area contributed by atoms with E-state index >= 15 is 0 Å². The van der Waals surface area contributed by atoms with Crippen molar-refractivity contribution in [3.8, 4) is 11.5 Å². The van der Waals surface area contributed by atoms with Gasteiger partial charge in [0.05, 0.1) is 25.3 Å². The highest BCUT2D eigenvalue weighted by molar-refractivity contribution is 5.95. The molecule has 2 aliphatic rings. The Morgan fingerprint density at radius 1 is 1.24 bits per heavy atom. The van der Waals surface area contributed by atoms with Crippen molar-refractivity contribution in [3.63, 3.8) is 0 Å². The van der Waals surface area contributed by atoms with Crippen LogP contribution in [0.25, 0.3) is 0 Å². The smallest absolute Gasteiger partial charge is 0.338 e. The van der Waals surface area contributed by atoms with Gasteiger partial charge in [-0.2, -0.15) is 0 Å². The lowest BCUT2D eigenvalue weighted by molar-refractivity contribution is -0.136. The number of urea groups is 1. The van der Waals surface area contributed by atoms with Crippen LogP contribution in [-0.2, 0) is 9.53 Å². The Kier molecular flexibility index (Phi) is 6.98. The lowest BCUT2D eigenvalue weighted by atomic mass is 9.94. The second-order valence-electron chi connectivity index (χ2n) is 7.27. The lowest BCUT2D eigenvalue weighted by Crippen LogP contribution is -2.48. The maximum atomic E-state index is 12.7. The highest BCUT2D eigenvalue weighted by Gasteiger charge is 2.34. The highest BCUT2D eigenvalue weighted by atomic mass is 16.5. The van der Waals surface area contributed by atoms with E-state index in [9.17, 15) is 14.7 Å². The van der Waals surface area contributed by atoms with Crippen LogP contribution in [0.5, 0.6) is 11.5 Å². The molecule has 2 aliphatic heterocycles. The number of ether oxygens (including phenoxy) is 2. The van der Waals surface area contributed by atoms with Crippen LogP contribution in [0.15, 0.2) is 29.5 Å². The third-order valence-corrected chi connectivity index (χ3v) is 5.26. The zero-order valence-corrected chi connectivity index (χ0v) is 17.0. The number of phenols is 1. The molecule has 0 aromatic heterocycles. The quantitative estimate of drug-likeness (QED) is 0.631. The Bertz CT molecular complexity index is 785. The Balaban J connectivity index is 1.98. The molecular weight excluding hydrogens is 374 g/mol. The van der Waals surface area contributed by atoms with Gasteiger partial charge in [-0.05, 0) is 50.6 Å². The first kappa shape index (κ1) is 21.0. The van der Waals surface area contributed by atoms with Gasteiger partial charge in [0.2, 0.25) is 0 Å². The van der Waals surface area contributed by atoms with E-state index in [0.29, 0.717) is 35.7 Å². The minimum absolute atomic E-state index is 0.00393. The van der Waals surface area contributed by atoms with Crippen LogP contribution in [0.1, 0.15) is 44.2 Å². The van der Waals surface area contributed by atoms with E-state index in [0.717, 1.165) is 25.9 Å². The van der Waals surface area contributed by atoms with Gasteiger partial charge in [-0.1, -0.05) is 18.9 Å². The summed E-state index contributed by atoms with van der Waals surface area (Å²) in [6.07, 6.45) is 4.60. The van der Waals surface area contributed by atoms with Gasteiger partial charge in [-0.3, -0.25) is 4.90 Å². The summed E-state index contributed by atoms with van der Waals surface area (Å²) in [6.45, 7) is 4.54. The van der Waals surface area contributed by atoms with Crippen molar-refractivity contribution in [1.82, 2.24) is 15.5 Å². The van der Waals surface area contributed by atoms with Crippen LogP contribution in [0.4, 0.5) is 4.79 Å². The predicted molar refractivity (Wildman–Crippen MR) is 108 cm³/mol. The summed E-state index contributed by atoms with van der Waals surface area (Å²) in [5.41, 5.74) is 1.55. The molecule has 2 heterocycles. The first-order valence-corrected chi connectivity index (χ1v) is 10.1. The van der Waals surface area contributed by atoms with Crippen molar-refractivity contribution < 1.29 is 24.2 Å². The van der Waals surface area contributed by atoms with Crippen LogP contribution in [-0.4, -0.2) is 55.4 Å². The summed E-state index contributed by atoms with van der Waals surface area (Å²) in [7, 11) is 1.33. The number of methoxy groups -OCH3 is 1. The molecule has 0 radical (unpaired) electrons. The van der Waals surface area contributed by atoms with Gasteiger partial charge in [-0.25, -0.2) is 9.59 Å². The number of likely N-dealkylation sites (tertiary alicyclic amines) is 1. The minimum Gasteiger partial charge on any atom is -0.504 e. The van der Waals surface area contributed by atoms with Crippen molar-refractivity contribution in [2.75, 3.05) is 33.4 Å². The number of nitrogens with zero attached hydrogens (tertiary/aromatic N) is 1. The van der Waals surface area contributed by atoms with E-state index in [1.54, 1.807) is 12.1 Å². The van der Waals surface area contributed by atoms with Gasteiger partial charge < -0.3 is 25.2 Å². The molecular formula is C21H29N3O5. The molecule has 8 heteroatoms. The third-order valence-electron chi connectivity index (χ3n) is 5.26. The maximum absolute atomic E-state index is 12.7. The number of carbonyl (C=O) groups excluding carboxylic acids is 2. The standard InChI is InChI=1S/C21H29N3O5/c1-3-29-17-12-14(8-9-16(17)25)19-18(20(26)28-2)15(22-21(27)23-19)13-24-10-6-4-5-7-11-24/h8-9,12,19,25H,3-7,10-11,13H2,1-2H3,(H2,22,23,27)/t19-/m0/s1. The Labute approximate surface area is 170 Å². The molecule has 0 aliphatic carbocycles. The summed E-state index contributed by atoms with van der Waals surface area (Å²) in [5.74, 6) is -0.196. The van der Waals surface area contributed by atoms with Crippen LogP contribution < -0.4 is 15.4 Å². The molecule has 1 aromatic carbocycles. The Morgan fingerprint density at radius 2 is 1.97 bits per heavy atom. The van der Waals surface area contributed by atoms with Crippen molar-refractivity contribution in [1.29, 1.82) is 0 Å². The van der Waals surface area contributed by atoms with Gasteiger partial charge in [-0.15, -0.1) is 0 Å². The number of hydrogen-bond donors (Lipinski definition) is 3. The molecule has 158 valence electrons. The second-order valence-corrected chi connectivity index (χ2v) is 7.27. The lowest BCUT2D eigenvalue weighted by Gasteiger charge is -2.31. The molecule has 0 saturated carbocycles. The zero-order valence-electron chi connectivity index (χ0n) is 17.0. The van der Waals surface area contributed by atoms with Crippen LogP contribution in [0.2, 0.25) is 0 Å². The number of hydrogen-bond acceptors (Lipinski definition) is 6. The Hall–Kier alpha value is -2.74. The number of carbonyl (C=O) groups is 2. The molecule has 1 atom stereocenters. The molecule has 2 amide bonds. The molecule has 0 bridgehead atoms. The van der Waals surface area contributed by atoms with E-state index in [2.05, 4.69) is 15.5 Å². The van der Waals surface area contributed by atoms with Gasteiger partial charge in [0, 0.05) is 12.2 Å². The monoisotopic (exact) mass is 403 g/mol. The van der Waals surface area contributed by atoms with Crippen LogP contribution in [0.3, 0.4) is 0 Å². The summed E-state index contributed by atoms with van der Waals surface area (Å²) in [4.78, 5) is 27.3. The molecule has 8 nitrogen and oxygen atoms in total. The van der Waals surface area contributed by atoms with Gasteiger partial charge in [0.25, 0.3) is 0 Å². The fourth-order valence-corrected chi connectivity index (χ4v) is 3.84. The average Bonchev–Trinajstić information content (AvgIpc) is 2.97. The minimum atomic E-state index is -0.696. The second kappa shape index (κ2) is 9.65. The molecule has 3 rings (SSSR count). The number of rotatable bonds is 6. The summed E-state index contributed by atoms with van der Waals surface area (Å²) in [5, 5.41) is 15.6. The predicted octanol–water partition coefficient (Wildman–Crippen LogP) is 2.45. The van der Waals surface area contributed by atoms with E-state index in [1.807, 2.05) is 6.92 Å². The highest BCUT2D eigenvalue weighted by Crippen LogP contribution is 2.34. The molecule has 1 aromatic rings. The third kappa shape index (κ3) is 5.00. The zero-order chi connectivity index (χ0) is 20.8. The maximum Gasteiger partial charge on any atom is 0.338 e. The van der Waals surface area contributed by atoms with Crippen molar-refractivity contribution in [2.45, 2.75) is 38.6 Å². The van der Waals surface area contributed by atoms with Gasteiger partial charge in [0.15, 0.2) is 11.5 Å². The van der Waals surface area contributed by atoms with Crippen molar-refractivity contribution in [2.24, 2.45) is 0 Å². The largest absolute Gasteiger partial charge is 0.504 e. The topological polar surface area (TPSA) is 100 Å². The van der Waals surface area contributed by atoms with E-state index in [1.165, 1.54) is 26.0 Å². The first-order valence-electron chi connectivity index (χ1n) is 10.1. The van der Waals surface area contributed by atoms with E-state index in [-0.39, 0.29) is 11.8 Å². The van der Waals surface area contributed by atoms with Crippen molar-refractivity contribution in [3.05, 3.63) is 35.0 Å². The first-order chi connectivity index (χ1) is 14.0. The summed E-state index contributed by atoms with van der Waals surface area (Å²) in [6, 6.07) is 3.73. The van der Waals surface area contributed by atoms with E-state index < -0.39 is 12.0 Å². The number of esters is 1. The molecule has 29 heavy (non-hydrogen) atoms. The number of nitrogens with one attached hydrogen (secondary N) is 2. The van der Waals surface area contributed by atoms with Crippen LogP contribution in [0, 0.1) is 0 Å².